The van der Waals surface area contributed by atoms with E-state index in [0.717, 1.165) is 17.1 Å². The molecule has 5 rings (SSSR count). The summed E-state index contributed by atoms with van der Waals surface area (Å²) in [6.45, 7) is 5.02. The Morgan fingerprint density at radius 2 is 1.80 bits per heavy atom. The largest absolute Gasteiger partial charge is 0.486 e. The SMILES string of the molecule is C[C@H](CO)N1C[C@H](C)[C@H](CN(C)Cc2ccc(Oc3ccccc3)cc2)Oc2c(NS(=O)(=O)c3cn(C)cn3)cccc2C1=O. The summed E-state index contributed by atoms with van der Waals surface area (Å²) < 4.78 is 43.0. The number of hydrogen-bond donors (Lipinski definition) is 2. The van der Waals surface area contributed by atoms with E-state index >= 15 is 0 Å². The van der Waals surface area contributed by atoms with Gasteiger partial charge in [0.15, 0.2) is 10.8 Å². The first-order valence-corrected chi connectivity index (χ1v) is 16.2. The summed E-state index contributed by atoms with van der Waals surface area (Å²) >= 11 is 0. The number of aromatic nitrogens is 2. The lowest BCUT2D eigenvalue weighted by Crippen LogP contribution is -2.49. The Morgan fingerprint density at radius 1 is 1.09 bits per heavy atom. The normalized spacial score (nSPS) is 17.6. The molecule has 12 heteroatoms. The van der Waals surface area contributed by atoms with Gasteiger partial charge in [0.25, 0.3) is 15.9 Å². The molecule has 0 saturated carbocycles. The predicted molar refractivity (Wildman–Crippen MR) is 171 cm³/mol. The summed E-state index contributed by atoms with van der Waals surface area (Å²) in [6.07, 6.45) is 2.37. The number of ether oxygens (including phenoxy) is 2. The molecular weight excluding hydrogens is 594 g/mol. The maximum atomic E-state index is 13.8. The third kappa shape index (κ3) is 7.64. The highest BCUT2D eigenvalue weighted by atomic mass is 32.2. The Kier molecular flexibility index (Phi) is 9.76. The highest BCUT2D eigenvalue weighted by molar-refractivity contribution is 7.92. The Morgan fingerprint density at radius 3 is 2.47 bits per heavy atom. The summed E-state index contributed by atoms with van der Waals surface area (Å²) in [5, 5.41) is 9.82. The number of para-hydroxylation sites is 2. The van der Waals surface area contributed by atoms with E-state index in [1.165, 1.54) is 17.1 Å². The smallest absolute Gasteiger partial charge is 0.281 e. The van der Waals surface area contributed by atoms with E-state index < -0.39 is 22.2 Å². The summed E-state index contributed by atoms with van der Waals surface area (Å²) in [5.74, 6) is 1.15. The number of rotatable bonds is 11. The number of benzene rings is 3. The maximum Gasteiger partial charge on any atom is 0.281 e. The van der Waals surface area contributed by atoms with Gasteiger partial charge in [0.1, 0.15) is 17.6 Å². The zero-order chi connectivity index (χ0) is 32.1. The third-order valence-corrected chi connectivity index (χ3v) is 8.99. The fourth-order valence-electron chi connectivity index (χ4n) is 5.24. The van der Waals surface area contributed by atoms with Crippen LogP contribution in [-0.2, 0) is 23.6 Å². The van der Waals surface area contributed by atoms with Gasteiger partial charge in [-0.25, -0.2) is 4.98 Å². The number of aryl methyl sites for hydroxylation is 1. The minimum Gasteiger partial charge on any atom is -0.486 e. The van der Waals surface area contributed by atoms with Gasteiger partial charge in [-0.2, -0.15) is 8.42 Å². The molecule has 2 heterocycles. The van der Waals surface area contributed by atoms with Crippen molar-refractivity contribution in [2.75, 3.05) is 31.5 Å². The molecular formula is C33H39N5O6S. The summed E-state index contributed by atoms with van der Waals surface area (Å²) in [5.41, 5.74) is 1.43. The van der Waals surface area contributed by atoms with Crippen molar-refractivity contribution in [1.82, 2.24) is 19.4 Å². The molecule has 11 nitrogen and oxygen atoms in total. The number of fused-ring (bicyclic) bond motifs is 1. The van der Waals surface area contributed by atoms with Crippen molar-refractivity contribution in [3.63, 3.8) is 0 Å². The molecule has 0 radical (unpaired) electrons. The van der Waals surface area contributed by atoms with Gasteiger partial charge < -0.3 is 24.0 Å². The molecule has 0 fully saturated rings. The van der Waals surface area contributed by atoms with Crippen LogP contribution in [0.25, 0.3) is 0 Å². The van der Waals surface area contributed by atoms with Gasteiger partial charge in [-0.05, 0) is 55.9 Å². The third-order valence-electron chi connectivity index (χ3n) is 7.74. The zero-order valence-electron chi connectivity index (χ0n) is 25.8. The monoisotopic (exact) mass is 633 g/mol. The summed E-state index contributed by atoms with van der Waals surface area (Å²) in [4.78, 5) is 21.5. The first kappa shape index (κ1) is 32.0. The molecule has 2 N–H and O–H groups in total. The van der Waals surface area contributed by atoms with Gasteiger partial charge in [0, 0.05) is 38.8 Å². The van der Waals surface area contributed by atoms with Crippen molar-refractivity contribution < 1.29 is 27.8 Å². The highest BCUT2D eigenvalue weighted by Gasteiger charge is 2.35. The van der Waals surface area contributed by atoms with Gasteiger partial charge >= 0.3 is 0 Å². The van der Waals surface area contributed by atoms with E-state index in [-0.39, 0.29) is 40.5 Å². The second kappa shape index (κ2) is 13.7. The van der Waals surface area contributed by atoms with E-state index in [1.54, 1.807) is 37.1 Å². The fourth-order valence-corrected chi connectivity index (χ4v) is 6.28. The predicted octanol–water partition coefficient (Wildman–Crippen LogP) is 4.37. The lowest BCUT2D eigenvalue weighted by molar-refractivity contribution is 0.0344. The molecule has 1 amide bonds. The zero-order valence-corrected chi connectivity index (χ0v) is 26.6. The van der Waals surface area contributed by atoms with Crippen LogP contribution in [0.3, 0.4) is 0 Å². The summed E-state index contributed by atoms with van der Waals surface area (Å²) in [6, 6.07) is 21.8. The molecule has 1 aromatic heterocycles. The molecule has 0 aliphatic carbocycles. The number of amides is 1. The number of aliphatic hydroxyl groups is 1. The van der Waals surface area contributed by atoms with Crippen molar-refractivity contribution in [3.8, 4) is 17.2 Å². The van der Waals surface area contributed by atoms with Crippen molar-refractivity contribution in [2.24, 2.45) is 13.0 Å². The van der Waals surface area contributed by atoms with Crippen molar-refractivity contribution >= 4 is 21.6 Å². The molecule has 0 bridgehead atoms. The van der Waals surface area contributed by atoms with E-state index in [1.807, 2.05) is 68.6 Å². The number of sulfonamides is 1. The Bertz CT molecular complexity index is 1710. The number of carbonyl (C=O) groups is 1. The number of aliphatic hydroxyl groups excluding tert-OH is 1. The number of likely N-dealkylation sites (N-methyl/N-ethyl adjacent to an activating group) is 1. The van der Waals surface area contributed by atoms with Crippen LogP contribution in [0.4, 0.5) is 5.69 Å². The second-order valence-corrected chi connectivity index (χ2v) is 13.2. The molecule has 3 aromatic carbocycles. The maximum absolute atomic E-state index is 13.8. The van der Waals surface area contributed by atoms with Crippen LogP contribution in [0.15, 0.2) is 90.3 Å². The number of anilines is 1. The van der Waals surface area contributed by atoms with Crippen LogP contribution in [0, 0.1) is 5.92 Å². The van der Waals surface area contributed by atoms with Gasteiger partial charge in [0.05, 0.1) is 30.2 Å². The highest BCUT2D eigenvalue weighted by Crippen LogP contribution is 2.36. The van der Waals surface area contributed by atoms with Gasteiger partial charge in [0.2, 0.25) is 0 Å². The Hall–Kier alpha value is -4.39. The van der Waals surface area contributed by atoms with Crippen molar-refractivity contribution in [2.45, 2.75) is 37.6 Å². The molecule has 238 valence electrons. The van der Waals surface area contributed by atoms with Crippen LogP contribution in [0.1, 0.15) is 29.8 Å². The number of hydrogen-bond acceptors (Lipinski definition) is 8. The molecule has 1 aliphatic rings. The first-order valence-electron chi connectivity index (χ1n) is 14.8. The molecule has 45 heavy (non-hydrogen) atoms. The van der Waals surface area contributed by atoms with Crippen LogP contribution in [0.5, 0.6) is 17.2 Å². The van der Waals surface area contributed by atoms with Crippen molar-refractivity contribution in [3.05, 3.63) is 96.4 Å². The van der Waals surface area contributed by atoms with Crippen LogP contribution < -0.4 is 14.2 Å². The topological polar surface area (TPSA) is 126 Å². The molecule has 3 atom stereocenters. The van der Waals surface area contributed by atoms with Gasteiger partial charge in [-0.1, -0.05) is 43.3 Å². The minimum atomic E-state index is -4.06. The lowest BCUT2D eigenvalue weighted by Gasteiger charge is -2.38. The van der Waals surface area contributed by atoms with Gasteiger partial charge in [-0.3, -0.25) is 14.4 Å². The Balaban J connectivity index is 1.39. The van der Waals surface area contributed by atoms with Crippen LogP contribution in [0.2, 0.25) is 0 Å². The van der Waals surface area contributed by atoms with E-state index in [9.17, 15) is 18.3 Å². The molecule has 1 aliphatic heterocycles. The lowest BCUT2D eigenvalue weighted by atomic mass is 9.99. The standard InChI is InChI=1S/C33H39N5O6S/c1-23-17-38(24(2)21-39)33(40)28-11-8-12-29(35-45(41,42)31-20-37(4)22-34-31)32(28)44-30(23)19-36(3)18-25-13-15-27(16-14-25)43-26-9-6-5-7-10-26/h5-16,20,22-24,30,35,39H,17-19,21H2,1-4H3/t23-,24+,30-/m0/s1. The molecule has 0 saturated heterocycles. The number of imidazole rings is 1. The van der Waals surface area contributed by atoms with Crippen molar-refractivity contribution in [1.29, 1.82) is 0 Å². The van der Waals surface area contributed by atoms with Crippen LogP contribution >= 0.6 is 0 Å². The molecule has 0 spiro atoms. The average molecular weight is 634 g/mol. The van der Waals surface area contributed by atoms with E-state index in [2.05, 4.69) is 14.6 Å². The Labute approximate surface area is 264 Å². The first-order chi connectivity index (χ1) is 21.5. The van der Waals surface area contributed by atoms with Gasteiger partial charge in [-0.15, -0.1) is 0 Å². The van der Waals surface area contributed by atoms with Crippen LogP contribution in [-0.4, -0.2) is 77.7 Å². The van der Waals surface area contributed by atoms with E-state index in [4.69, 9.17) is 9.47 Å². The number of nitrogens with one attached hydrogen (secondary N) is 1. The quantitative estimate of drug-likeness (QED) is 0.250. The average Bonchev–Trinajstić information content (AvgIpc) is 3.47. The van der Waals surface area contributed by atoms with E-state index in [0.29, 0.717) is 19.6 Å². The molecule has 0 unspecified atom stereocenters. The minimum absolute atomic E-state index is 0.138. The number of carbonyl (C=O) groups excluding carboxylic acids is 1. The fraction of sp³-hybridized carbons (Fsp3) is 0.333. The molecule has 4 aromatic rings. The summed E-state index contributed by atoms with van der Waals surface area (Å²) in [7, 11) is -0.401. The number of nitrogens with zero attached hydrogens (tertiary/aromatic N) is 4. The second-order valence-electron chi connectivity index (χ2n) is 11.5.